The van der Waals surface area contributed by atoms with Gasteiger partial charge in [-0.15, -0.1) is 5.10 Å². The molecule has 0 unspecified atom stereocenters. The van der Waals surface area contributed by atoms with Crippen molar-refractivity contribution in [1.29, 1.82) is 0 Å². The first kappa shape index (κ1) is 17.1. The molecule has 0 spiro atoms. The number of hydrogen-bond donors (Lipinski definition) is 1. The molecule has 0 atom stereocenters. The molecule has 0 aliphatic rings. The highest BCUT2D eigenvalue weighted by Crippen LogP contribution is 2.14. The van der Waals surface area contributed by atoms with Crippen LogP contribution in [0.4, 0.5) is 4.39 Å². The van der Waals surface area contributed by atoms with Crippen molar-refractivity contribution >= 4 is 17.5 Å². The average Bonchev–Trinajstić information content (AvgIpc) is 2.99. The summed E-state index contributed by atoms with van der Waals surface area (Å²) in [6, 6.07) is 13.3. The Morgan fingerprint density at radius 2 is 1.84 bits per heavy atom. The number of aromatic nitrogens is 3. The van der Waals surface area contributed by atoms with Crippen LogP contribution in [0, 0.1) is 12.7 Å². The van der Waals surface area contributed by atoms with Gasteiger partial charge in [0.1, 0.15) is 11.6 Å². The zero-order valence-electron chi connectivity index (χ0n) is 13.5. The molecule has 0 fully saturated rings. The molecule has 0 aliphatic heterocycles. The highest BCUT2D eigenvalue weighted by Gasteiger charge is 2.14. The maximum atomic E-state index is 12.9. The van der Waals surface area contributed by atoms with Gasteiger partial charge in [-0.05, 0) is 55.3 Å². The normalized spacial score (nSPS) is 10.7. The fourth-order valence-electron chi connectivity index (χ4n) is 2.36. The van der Waals surface area contributed by atoms with E-state index in [-0.39, 0.29) is 17.5 Å². The Kier molecular flexibility index (Phi) is 5.09. The molecule has 1 heterocycles. The summed E-state index contributed by atoms with van der Waals surface area (Å²) in [5, 5.41) is 7.64. The maximum absolute atomic E-state index is 12.9. The summed E-state index contributed by atoms with van der Waals surface area (Å²) in [6.45, 7) is 2.19. The zero-order chi connectivity index (χ0) is 17.8. The first-order chi connectivity index (χ1) is 12.0. The molecule has 0 radical (unpaired) electrons. The molecule has 3 rings (SSSR count). The Hall–Kier alpha value is -2.73. The van der Waals surface area contributed by atoms with Gasteiger partial charge in [0.25, 0.3) is 5.91 Å². The monoisotopic (exact) mass is 358 g/mol. The van der Waals surface area contributed by atoms with E-state index >= 15 is 0 Å². The lowest BCUT2D eigenvalue weighted by Gasteiger charge is -2.03. The van der Waals surface area contributed by atoms with E-state index in [0.717, 1.165) is 11.3 Å². The Balaban J connectivity index is 1.63. The molecule has 25 heavy (non-hydrogen) atoms. The van der Waals surface area contributed by atoms with Crippen LogP contribution < -0.4 is 5.32 Å². The molecule has 1 N–H and O–H groups in total. The highest BCUT2D eigenvalue weighted by atomic mass is 35.5. The molecule has 0 saturated carbocycles. The van der Waals surface area contributed by atoms with Crippen molar-refractivity contribution in [2.45, 2.75) is 13.3 Å². The van der Waals surface area contributed by atoms with Gasteiger partial charge >= 0.3 is 0 Å². The third-order valence-corrected chi connectivity index (χ3v) is 3.91. The smallest absolute Gasteiger partial charge is 0.290 e. The van der Waals surface area contributed by atoms with E-state index < -0.39 is 0 Å². The second-order valence-corrected chi connectivity index (χ2v) is 5.94. The van der Waals surface area contributed by atoms with Crippen LogP contribution in [0.5, 0.6) is 0 Å². The van der Waals surface area contributed by atoms with Gasteiger partial charge in [0.2, 0.25) is 5.82 Å². The molecule has 7 heteroatoms. The SMILES string of the molecule is Cc1nc(C(=O)NCCc2ccc(F)cc2)nn1-c1ccc(Cl)cc1. The van der Waals surface area contributed by atoms with E-state index in [0.29, 0.717) is 23.8 Å². The number of hydrogen-bond acceptors (Lipinski definition) is 3. The van der Waals surface area contributed by atoms with Crippen LogP contribution in [0.1, 0.15) is 22.0 Å². The Morgan fingerprint density at radius 3 is 2.52 bits per heavy atom. The van der Waals surface area contributed by atoms with Crippen LogP contribution in [-0.4, -0.2) is 27.2 Å². The van der Waals surface area contributed by atoms with Crippen molar-refractivity contribution in [3.05, 3.63) is 76.6 Å². The van der Waals surface area contributed by atoms with E-state index in [1.165, 1.54) is 12.1 Å². The summed E-state index contributed by atoms with van der Waals surface area (Å²) in [5.41, 5.74) is 1.72. The molecule has 1 amide bonds. The third-order valence-electron chi connectivity index (χ3n) is 3.66. The second-order valence-electron chi connectivity index (χ2n) is 5.50. The predicted molar refractivity (Wildman–Crippen MR) is 93.5 cm³/mol. The van der Waals surface area contributed by atoms with Gasteiger partial charge in [0.05, 0.1) is 5.69 Å². The summed E-state index contributed by atoms with van der Waals surface area (Å²) in [7, 11) is 0. The molecule has 2 aromatic carbocycles. The number of nitrogens with zero attached hydrogens (tertiary/aromatic N) is 3. The molecule has 5 nitrogen and oxygen atoms in total. The van der Waals surface area contributed by atoms with Gasteiger partial charge in [0.15, 0.2) is 0 Å². The lowest BCUT2D eigenvalue weighted by atomic mass is 10.1. The van der Waals surface area contributed by atoms with Crippen molar-refractivity contribution in [1.82, 2.24) is 20.1 Å². The summed E-state index contributed by atoms with van der Waals surface area (Å²) >= 11 is 5.88. The first-order valence-electron chi connectivity index (χ1n) is 7.75. The minimum atomic E-state index is -0.349. The Labute approximate surface area is 149 Å². The molecule has 3 aromatic rings. The first-order valence-corrected chi connectivity index (χ1v) is 8.13. The Bertz CT molecular complexity index is 875. The van der Waals surface area contributed by atoms with Gasteiger partial charge in [-0.2, -0.15) is 0 Å². The molecular weight excluding hydrogens is 343 g/mol. The maximum Gasteiger partial charge on any atom is 0.290 e. The summed E-state index contributed by atoms with van der Waals surface area (Å²) in [6.07, 6.45) is 0.600. The lowest BCUT2D eigenvalue weighted by molar-refractivity contribution is 0.0944. The van der Waals surface area contributed by atoms with Crippen LogP contribution in [0.2, 0.25) is 5.02 Å². The molecule has 128 valence electrons. The molecule has 1 aromatic heterocycles. The number of nitrogens with one attached hydrogen (secondary N) is 1. The number of benzene rings is 2. The van der Waals surface area contributed by atoms with Crippen molar-refractivity contribution in [2.75, 3.05) is 6.54 Å². The van der Waals surface area contributed by atoms with E-state index in [1.807, 2.05) is 0 Å². The number of carbonyl (C=O) groups excluding carboxylic acids is 1. The van der Waals surface area contributed by atoms with Crippen LogP contribution >= 0.6 is 11.6 Å². The van der Waals surface area contributed by atoms with Crippen molar-refractivity contribution in [3.63, 3.8) is 0 Å². The van der Waals surface area contributed by atoms with Gasteiger partial charge in [0, 0.05) is 11.6 Å². The van der Waals surface area contributed by atoms with Crippen molar-refractivity contribution in [2.24, 2.45) is 0 Å². The van der Waals surface area contributed by atoms with Crippen LogP contribution in [0.3, 0.4) is 0 Å². The third kappa shape index (κ3) is 4.22. The van der Waals surface area contributed by atoms with E-state index in [4.69, 9.17) is 11.6 Å². The minimum Gasteiger partial charge on any atom is -0.349 e. The van der Waals surface area contributed by atoms with Crippen molar-refractivity contribution < 1.29 is 9.18 Å². The number of carbonyl (C=O) groups is 1. The molecule has 0 aliphatic carbocycles. The quantitative estimate of drug-likeness (QED) is 0.761. The standard InChI is InChI=1S/C18H16ClFN4O/c1-12-22-17(23-24(12)16-8-4-14(19)5-9-16)18(25)21-11-10-13-2-6-15(20)7-3-13/h2-9H,10-11H2,1H3,(H,21,25). The number of aryl methyl sites for hydroxylation is 1. The number of rotatable bonds is 5. The Morgan fingerprint density at radius 1 is 1.16 bits per heavy atom. The second kappa shape index (κ2) is 7.44. The summed E-state index contributed by atoms with van der Waals surface area (Å²) in [4.78, 5) is 16.4. The molecule has 0 bridgehead atoms. The van der Waals surface area contributed by atoms with Gasteiger partial charge in [-0.3, -0.25) is 4.79 Å². The average molecular weight is 359 g/mol. The van der Waals surface area contributed by atoms with Crippen molar-refractivity contribution in [3.8, 4) is 5.69 Å². The van der Waals surface area contributed by atoms with Gasteiger partial charge in [-0.1, -0.05) is 23.7 Å². The number of halogens is 2. The predicted octanol–water partition coefficient (Wildman–Crippen LogP) is 3.34. The molecular formula is C18H16ClFN4O. The van der Waals surface area contributed by atoms with E-state index in [2.05, 4.69) is 15.4 Å². The lowest BCUT2D eigenvalue weighted by Crippen LogP contribution is -2.26. The topological polar surface area (TPSA) is 59.8 Å². The van der Waals surface area contributed by atoms with Crippen LogP contribution in [0.15, 0.2) is 48.5 Å². The minimum absolute atomic E-state index is 0.103. The fraction of sp³-hybridized carbons (Fsp3) is 0.167. The summed E-state index contributed by atoms with van der Waals surface area (Å²) < 4.78 is 14.5. The molecule has 0 saturated heterocycles. The van der Waals surface area contributed by atoms with Gasteiger partial charge in [-0.25, -0.2) is 14.1 Å². The van der Waals surface area contributed by atoms with E-state index in [1.54, 1.807) is 48.0 Å². The van der Waals surface area contributed by atoms with Crippen LogP contribution in [-0.2, 0) is 6.42 Å². The fourth-order valence-corrected chi connectivity index (χ4v) is 2.49. The largest absolute Gasteiger partial charge is 0.349 e. The van der Waals surface area contributed by atoms with Gasteiger partial charge < -0.3 is 5.32 Å². The van der Waals surface area contributed by atoms with E-state index in [9.17, 15) is 9.18 Å². The summed E-state index contributed by atoms with van der Waals surface area (Å²) in [5.74, 6) is 0.0793. The number of amides is 1. The van der Waals surface area contributed by atoms with Crippen LogP contribution in [0.25, 0.3) is 5.69 Å². The zero-order valence-corrected chi connectivity index (χ0v) is 14.3. The highest BCUT2D eigenvalue weighted by molar-refractivity contribution is 6.30.